The standard InChI is InChI=1S/C29H24ClFN8O4/c1-16(40)22-13-38(24-7-6-18(9-21(22)24)34-19-10-32-15-33-11-19)14-26(41)39-12-17(31)8-25(39)27(42)35-29-36-28(43-37-29)20-4-2-3-5-23(20)30/h2-7,9-11,13,15,17,25,34H,8,12,14H2,1H3,(H,35,37,42). The molecule has 2 amide bonds. The van der Waals surface area contributed by atoms with E-state index < -0.39 is 24.0 Å². The number of likely N-dealkylation sites (tertiary alicyclic amines) is 1. The summed E-state index contributed by atoms with van der Waals surface area (Å²) in [4.78, 5) is 52.4. The normalized spacial score (nSPS) is 16.4. The number of fused-ring (bicyclic) bond motifs is 1. The van der Waals surface area contributed by atoms with Crippen molar-refractivity contribution in [2.45, 2.75) is 32.1 Å². The van der Waals surface area contributed by atoms with Gasteiger partial charge in [-0.05, 0) is 42.4 Å². The summed E-state index contributed by atoms with van der Waals surface area (Å²) in [5.41, 5.74) is 2.90. The molecule has 1 saturated heterocycles. The number of rotatable bonds is 8. The summed E-state index contributed by atoms with van der Waals surface area (Å²) in [6, 6.07) is 11.1. The van der Waals surface area contributed by atoms with Crippen molar-refractivity contribution in [2.75, 3.05) is 17.2 Å². The Bertz CT molecular complexity index is 1840. The van der Waals surface area contributed by atoms with Crippen LogP contribution >= 0.6 is 11.6 Å². The van der Waals surface area contributed by atoms with E-state index in [0.717, 1.165) is 0 Å². The molecule has 2 aromatic carbocycles. The monoisotopic (exact) mass is 602 g/mol. The molecule has 4 heterocycles. The fourth-order valence-electron chi connectivity index (χ4n) is 5.07. The third kappa shape index (κ3) is 5.79. The van der Waals surface area contributed by atoms with Crippen LogP contribution in [-0.2, 0) is 16.1 Å². The number of hydrogen-bond donors (Lipinski definition) is 2. The number of Topliss-reactive ketones (excluding diaryl/α,β-unsaturated/α-hetero) is 1. The van der Waals surface area contributed by atoms with Crippen molar-refractivity contribution in [1.29, 1.82) is 0 Å². The van der Waals surface area contributed by atoms with Gasteiger partial charge in [-0.3, -0.25) is 19.7 Å². The minimum absolute atomic E-state index is 0.0971. The summed E-state index contributed by atoms with van der Waals surface area (Å²) in [5.74, 6) is -1.36. The van der Waals surface area contributed by atoms with Crippen molar-refractivity contribution in [3.63, 3.8) is 0 Å². The summed E-state index contributed by atoms with van der Waals surface area (Å²) >= 11 is 6.18. The molecular formula is C29H24ClFN8O4. The summed E-state index contributed by atoms with van der Waals surface area (Å²) in [6.45, 7) is 0.980. The maximum Gasteiger partial charge on any atom is 0.270 e. The van der Waals surface area contributed by atoms with Crippen LogP contribution in [0, 0.1) is 0 Å². The molecule has 218 valence electrons. The van der Waals surface area contributed by atoms with Gasteiger partial charge in [-0.2, -0.15) is 4.98 Å². The number of amides is 2. The first-order valence-electron chi connectivity index (χ1n) is 13.3. The summed E-state index contributed by atoms with van der Waals surface area (Å²) in [5, 5.41) is 10.5. The Balaban J connectivity index is 1.20. The first-order valence-corrected chi connectivity index (χ1v) is 13.6. The van der Waals surface area contributed by atoms with Crippen molar-refractivity contribution in [1.82, 2.24) is 29.6 Å². The average molecular weight is 603 g/mol. The predicted molar refractivity (Wildman–Crippen MR) is 156 cm³/mol. The topological polar surface area (TPSA) is 148 Å². The fraction of sp³-hybridized carbons (Fsp3) is 0.207. The fourth-order valence-corrected chi connectivity index (χ4v) is 5.29. The number of benzene rings is 2. The van der Waals surface area contributed by atoms with Gasteiger partial charge in [0.1, 0.15) is 25.1 Å². The van der Waals surface area contributed by atoms with Crippen LogP contribution in [0.4, 0.5) is 21.7 Å². The van der Waals surface area contributed by atoms with Gasteiger partial charge in [0.15, 0.2) is 5.78 Å². The molecule has 2 N–H and O–H groups in total. The van der Waals surface area contributed by atoms with E-state index in [1.807, 2.05) is 0 Å². The summed E-state index contributed by atoms with van der Waals surface area (Å²) in [7, 11) is 0. The third-order valence-corrected chi connectivity index (χ3v) is 7.38. The largest absolute Gasteiger partial charge is 0.353 e. The first-order chi connectivity index (χ1) is 20.8. The minimum Gasteiger partial charge on any atom is -0.353 e. The van der Waals surface area contributed by atoms with Crippen LogP contribution in [0.3, 0.4) is 0 Å². The first kappa shape index (κ1) is 28.0. The molecule has 1 aliphatic rings. The zero-order valence-electron chi connectivity index (χ0n) is 22.7. The molecule has 0 saturated carbocycles. The molecule has 0 radical (unpaired) electrons. The van der Waals surface area contributed by atoms with Gasteiger partial charge < -0.3 is 19.3 Å². The number of nitrogens with one attached hydrogen (secondary N) is 2. The smallest absolute Gasteiger partial charge is 0.270 e. The van der Waals surface area contributed by atoms with Crippen LogP contribution in [0.25, 0.3) is 22.4 Å². The van der Waals surface area contributed by atoms with Crippen LogP contribution in [0.5, 0.6) is 0 Å². The van der Waals surface area contributed by atoms with Crippen molar-refractivity contribution in [3.05, 3.63) is 78.0 Å². The van der Waals surface area contributed by atoms with Crippen LogP contribution in [0.15, 0.2) is 71.9 Å². The van der Waals surface area contributed by atoms with E-state index in [4.69, 9.17) is 16.1 Å². The van der Waals surface area contributed by atoms with Crippen molar-refractivity contribution < 1.29 is 23.3 Å². The van der Waals surface area contributed by atoms with E-state index >= 15 is 0 Å². The number of halogens is 2. The molecule has 1 aliphatic heterocycles. The number of aromatic nitrogens is 5. The number of ketones is 1. The molecule has 2 atom stereocenters. The molecule has 0 bridgehead atoms. The van der Waals surface area contributed by atoms with E-state index in [1.54, 1.807) is 65.6 Å². The molecule has 0 aliphatic carbocycles. The molecule has 12 nitrogen and oxygen atoms in total. The number of carbonyl (C=O) groups excluding carboxylic acids is 3. The van der Waals surface area contributed by atoms with Gasteiger partial charge in [-0.1, -0.05) is 23.7 Å². The second kappa shape index (κ2) is 11.6. The lowest BCUT2D eigenvalue weighted by Crippen LogP contribution is -2.44. The molecule has 5 aromatic rings. The Morgan fingerprint density at radius 2 is 1.91 bits per heavy atom. The second-order valence-corrected chi connectivity index (χ2v) is 10.4. The van der Waals surface area contributed by atoms with Gasteiger partial charge in [-0.15, -0.1) is 0 Å². The molecule has 14 heteroatoms. The Hall–Kier alpha value is -5.17. The van der Waals surface area contributed by atoms with E-state index in [-0.39, 0.29) is 37.1 Å². The van der Waals surface area contributed by atoms with Crippen LogP contribution in [-0.4, -0.2) is 65.9 Å². The highest BCUT2D eigenvalue weighted by atomic mass is 35.5. The third-order valence-electron chi connectivity index (χ3n) is 7.05. The highest BCUT2D eigenvalue weighted by Gasteiger charge is 2.40. The van der Waals surface area contributed by atoms with Crippen LogP contribution in [0.1, 0.15) is 23.7 Å². The van der Waals surface area contributed by atoms with Crippen LogP contribution in [0.2, 0.25) is 5.02 Å². The number of anilines is 3. The molecule has 1 fully saturated rings. The lowest BCUT2D eigenvalue weighted by atomic mass is 10.1. The van der Waals surface area contributed by atoms with Gasteiger partial charge in [0.2, 0.25) is 11.8 Å². The Labute approximate surface area is 248 Å². The number of alkyl halides is 1. The number of nitrogens with zero attached hydrogens (tertiary/aromatic N) is 6. The Morgan fingerprint density at radius 3 is 2.67 bits per heavy atom. The minimum atomic E-state index is -1.39. The second-order valence-electron chi connectivity index (χ2n) is 10.00. The maximum absolute atomic E-state index is 14.6. The van der Waals surface area contributed by atoms with Gasteiger partial charge >= 0.3 is 0 Å². The highest BCUT2D eigenvalue weighted by molar-refractivity contribution is 6.33. The highest BCUT2D eigenvalue weighted by Crippen LogP contribution is 2.29. The van der Waals surface area contributed by atoms with E-state index in [2.05, 4.69) is 30.7 Å². The van der Waals surface area contributed by atoms with Gasteiger partial charge in [0.25, 0.3) is 11.8 Å². The predicted octanol–water partition coefficient (Wildman–Crippen LogP) is 4.66. The molecule has 2 unspecified atom stereocenters. The molecule has 3 aromatic heterocycles. The number of hydrogen-bond acceptors (Lipinski definition) is 9. The molecular weight excluding hydrogens is 579 g/mol. The quantitative estimate of drug-likeness (QED) is 0.242. The van der Waals surface area contributed by atoms with E-state index in [1.165, 1.54) is 18.2 Å². The van der Waals surface area contributed by atoms with Crippen molar-refractivity contribution >= 4 is 57.4 Å². The number of carbonyl (C=O) groups is 3. The van der Waals surface area contributed by atoms with E-state index in [9.17, 15) is 18.8 Å². The van der Waals surface area contributed by atoms with Crippen LogP contribution < -0.4 is 10.6 Å². The zero-order valence-corrected chi connectivity index (χ0v) is 23.5. The lowest BCUT2D eigenvalue weighted by molar-refractivity contribution is -0.137. The summed E-state index contributed by atoms with van der Waals surface area (Å²) in [6.07, 6.45) is 4.66. The molecule has 43 heavy (non-hydrogen) atoms. The average Bonchev–Trinajstić information content (AvgIpc) is 3.71. The Kier molecular flexibility index (Phi) is 7.55. The Morgan fingerprint density at radius 1 is 1.12 bits per heavy atom. The van der Waals surface area contributed by atoms with Gasteiger partial charge in [-0.25, -0.2) is 14.4 Å². The SMILES string of the molecule is CC(=O)c1cn(CC(=O)N2CC(F)CC2C(=O)Nc2noc(-c3ccccc3Cl)n2)c2ccc(Nc3cncnc3)cc12. The zero-order chi connectivity index (χ0) is 30.1. The lowest BCUT2D eigenvalue weighted by Gasteiger charge is -2.23. The van der Waals surface area contributed by atoms with Crippen molar-refractivity contribution in [2.24, 2.45) is 0 Å². The van der Waals surface area contributed by atoms with Gasteiger partial charge in [0, 0.05) is 34.8 Å². The molecule has 6 rings (SSSR count). The van der Waals surface area contributed by atoms with Crippen molar-refractivity contribution in [3.8, 4) is 11.5 Å². The summed E-state index contributed by atoms with van der Waals surface area (Å²) < 4.78 is 21.4. The molecule has 0 spiro atoms. The van der Waals surface area contributed by atoms with E-state index in [0.29, 0.717) is 38.4 Å². The maximum atomic E-state index is 14.6. The van der Waals surface area contributed by atoms with Gasteiger partial charge in [0.05, 0.1) is 35.2 Å².